The van der Waals surface area contributed by atoms with Gasteiger partial charge in [-0.25, -0.2) is 0 Å². The summed E-state index contributed by atoms with van der Waals surface area (Å²) in [4.78, 5) is 36.2. The van der Waals surface area contributed by atoms with Gasteiger partial charge < -0.3 is 34.4 Å². The lowest BCUT2D eigenvalue weighted by atomic mass is 10.0. The third-order valence-corrected chi connectivity index (χ3v) is 19.9. The highest BCUT2D eigenvalue weighted by Crippen LogP contribution is 2.42. The number of ether oxygens (including phenoxy) is 3. The van der Waals surface area contributed by atoms with Crippen molar-refractivity contribution < 1.29 is 38.1 Å². The van der Waals surface area contributed by atoms with Gasteiger partial charge >= 0.3 is 0 Å². The first-order valence-electron chi connectivity index (χ1n) is 28.8. The van der Waals surface area contributed by atoms with E-state index in [4.69, 9.17) is 18.6 Å². The molecule has 0 aliphatic heterocycles. The fourth-order valence-electron chi connectivity index (χ4n) is 9.85. The number of hydrogen-bond donors (Lipinski definition) is 3. The van der Waals surface area contributed by atoms with Crippen LogP contribution >= 0.6 is 0 Å². The molecule has 3 N–H and O–H groups in total. The average molecular weight is 990 g/mol. The summed E-state index contributed by atoms with van der Waals surface area (Å²) in [5.41, 5.74) is 2.47. The molecule has 1 aromatic rings. The van der Waals surface area contributed by atoms with Crippen LogP contribution in [0.25, 0.3) is 0 Å². The molecule has 0 unspecified atom stereocenters. The highest BCUT2D eigenvalue weighted by atomic mass is 28.4. The summed E-state index contributed by atoms with van der Waals surface area (Å²) in [7, 11) is -1.86. The monoisotopic (exact) mass is 989 g/mol. The second kappa shape index (κ2) is 43.0. The normalized spacial score (nSPS) is 11.8. The molecule has 402 valence electrons. The van der Waals surface area contributed by atoms with E-state index in [2.05, 4.69) is 66.0 Å². The zero-order chi connectivity index (χ0) is 50.8. The molecule has 0 aromatic heterocycles. The Hall–Kier alpha value is -2.63. The lowest BCUT2D eigenvalue weighted by molar-refractivity contribution is -0.122. The molecular formula is C58H108N2O8Si. The highest BCUT2D eigenvalue weighted by Gasteiger charge is 2.44. The van der Waals surface area contributed by atoms with Crippen LogP contribution in [0.2, 0.25) is 16.6 Å². The van der Waals surface area contributed by atoms with Gasteiger partial charge in [-0.3, -0.25) is 14.4 Å². The Balaban J connectivity index is 2.51. The number of Topliss-reactive ketones (excluding diaryl/α,β-unsaturated/α-hetero) is 1. The Labute approximate surface area is 425 Å². The molecule has 0 radical (unpaired) electrons. The molecule has 11 heteroatoms. The first kappa shape index (κ1) is 64.4. The van der Waals surface area contributed by atoms with E-state index in [0.29, 0.717) is 85.2 Å². The molecule has 1 aromatic carbocycles. The SMILES string of the molecule is CCCNC(=O)CCCCCCCCCCOc1cc(CO)cc(OCCCCCCCCCCC(=O)NCCC)c1OCCCCCCCCCCC(=O)CCCO[Si](C(C)C)(C(C)C)C(C)C. The van der Waals surface area contributed by atoms with Gasteiger partial charge in [0.05, 0.1) is 26.4 Å². The summed E-state index contributed by atoms with van der Waals surface area (Å²) in [5, 5.41) is 16.1. The number of rotatable bonds is 49. The van der Waals surface area contributed by atoms with Gasteiger partial charge in [-0.05, 0) is 92.1 Å². The minimum atomic E-state index is -1.86. The van der Waals surface area contributed by atoms with Crippen molar-refractivity contribution in [3.05, 3.63) is 17.7 Å². The predicted molar refractivity (Wildman–Crippen MR) is 291 cm³/mol. The number of ketones is 1. The van der Waals surface area contributed by atoms with Crippen LogP contribution in [0.5, 0.6) is 17.2 Å². The van der Waals surface area contributed by atoms with E-state index >= 15 is 0 Å². The fraction of sp³-hybridized carbons (Fsp3) is 0.845. The van der Waals surface area contributed by atoms with Gasteiger partial charge in [0.15, 0.2) is 19.8 Å². The molecule has 1 rings (SSSR count). The molecule has 0 aliphatic rings. The van der Waals surface area contributed by atoms with Crippen molar-refractivity contribution in [2.45, 2.75) is 278 Å². The summed E-state index contributed by atoms with van der Waals surface area (Å²) in [5.74, 6) is 2.70. The van der Waals surface area contributed by atoms with Gasteiger partial charge in [0, 0.05) is 45.4 Å². The van der Waals surface area contributed by atoms with Gasteiger partial charge in [-0.2, -0.15) is 0 Å². The second-order valence-electron chi connectivity index (χ2n) is 20.9. The molecule has 0 saturated heterocycles. The maximum atomic E-state index is 12.6. The summed E-state index contributed by atoms with van der Waals surface area (Å²) >= 11 is 0. The molecule has 2 amide bonds. The van der Waals surface area contributed by atoms with Gasteiger partial charge in [0.25, 0.3) is 0 Å². The summed E-state index contributed by atoms with van der Waals surface area (Å²) in [6.45, 7) is 22.0. The maximum absolute atomic E-state index is 12.6. The van der Waals surface area contributed by atoms with E-state index in [1.165, 1.54) is 77.0 Å². The average Bonchev–Trinajstić information content (AvgIpc) is 3.32. The van der Waals surface area contributed by atoms with Gasteiger partial charge in [0.2, 0.25) is 17.6 Å². The Morgan fingerprint density at radius 1 is 0.464 bits per heavy atom. The van der Waals surface area contributed by atoms with Crippen molar-refractivity contribution in [1.82, 2.24) is 10.6 Å². The topological polar surface area (TPSA) is 132 Å². The zero-order valence-corrected chi connectivity index (χ0v) is 47.1. The third-order valence-electron chi connectivity index (χ3n) is 13.8. The molecular weight excluding hydrogens is 881 g/mol. The minimum Gasteiger partial charge on any atom is -0.490 e. The number of unbranched alkanes of at least 4 members (excludes halogenated alkanes) is 21. The Bertz CT molecular complexity index is 1340. The minimum absolute atomic E-state index is 0.0943. The molecule has 0 spiro atoms. The number of benzene rings is 1. The van der Waals surface area contributed by atoms with Crippen LogP contribution in [0, 0.1) is 0 Å². The van der Waals surface area contributed by atoms with E-state index in [1.54, 1.807) is 0 Å². The van der Waals surface area contributed by atoms with E-state index < -0.39 is 8.32 Å². The lowest BCUT2D eigenvalue weighted by Gasteiger charge is -2.42. The van der Waals surface area contributed by atoms with Crippen molar-refractivity contribution >= 4 is 25.9 Å². The summed E-state index contributed by atoms with van der Waals surface area (Å²) in [6.07, 6.45) is 32.1. The van der Waals surface area contributed by atoms with Crippen LogP contribution in [0.4, 0.5) is 0 Å². The Morgan fingerprint density at radius 3 is 1.16 bits per heavy atom. The fourth-order valence-corrected chi connectivity index (χ4v) is 15.3. The number of aliphatic hydroxyl groups is 1. The Kier molecular flexibility index (Phi) is 40.1. The van der Waals surface area contributed by atoms with Crippen LogP contribution in [0.1, 0.15) is 260 Å². The molecule has 0 bridgehead atoms. The van der Waals surface area contributed by atoms with E-state index in [9.17, 15) is 19.5 Å². The number of hydrogen-bond acceptors (Lipinski definition) is 8. The first-order valence-corrected chi connectivity index (χ1v) is 30.9. The van der Waals surface area contributed by atoms with Crippen molar-refractivity contribution in [1.29, 1.82) is 0 Å². The third kappa shape index (κ3) is 31.4. The van der Waals surface area contributed by atoms with E-state index in [0.717, 1.165) is 122 Å². The van der Waals surface area contributed by atoms with Crippen LogP contribution in [0.15, 0.2) is 12.1 Å². The van der Waals surface area contributed by atoms with Crippen molar-refractivity contribution in [3.8, 4) is 17.2 Å². The van der Waals surface area contributed by atoms with Crippen molar-refractivity contribution in [2.24, 2.45) is 0 Å². The number of carbonyl (C=O) groups excluding carboxylic acids is 3. The smallest absolute Gasteiger partial charge is 0.219 e. The van der Waals surface area contributed by atoms with E-state index in [1.807, 2.05) is 12.1 Å². The largest absolute Gasteiger partial charge is 0.490 e. The molecule has 0 aliphatic carbocycles. The predicted octanol–water partition coefficient (Wildman–Crippen LogP) is 15.4. The van der Waals surface area contributed by atoms with Gasteiger partial charge in [-0.15, -0.1) is 0 Å². The molecule has 0 saturated carbocycles. The van der Waals surface area contributed by atoms with Crippen molar-refractivity contribution in [2.75, 3.05) is 39.5 Å². The lowest BCUT2D eigenvalue weighted by Crippen LogP contribution is -2.48. The number of carbonyl (C=O) groups is 3. The van der Waals surface area contributed by atoms with Gasteiger partial charge in [-0.1, -0.05) is 171 Å². The maximum Gasteiger partial charge on any atom is 0.219 e. The molecule has 0 heterocycles. The standard InChI is InChI=1S/C58H108N2O8Si/c1-9-40-59-56(63)38-30-24-18-12-15-20-26-32-42-65-54-46-52(48-61)47-55(66-43-33-27-21-16-13-19-25-31-39-57(64)60-41-10-2)58(54)67-44-34-28-22-14-11-17-23-29-36-53(62)37-35-45-68-69(49(3)4,50(5)6)51(7)8/h46-47,49-51,61H,9-45,48H2,1-8H3,(H,59,63)(H,60,64). The molecule has 0 fully saturated rings. The molecule has 69 heavy (non-hydrogen) atoms. The first-order chi connectivity index (χ1) is 33.4. The summed E-state index contributed by atoms with van der Waals surface area (Å²) in [6, 6.07) is 3.81. The second-order valence-corrected chi connectivity index (χ2v) is 26.3. The quantitative estimate of drug-likeness (QED) is 0.0434. The van der Waals surface area contributed by atoms with Crippen LogP contribution in [0.3, 0.4) is 0 Å². The zero-order valence-electron chi connectivity index (χ0n) is 46.1. The summed E-state index contributed by atoms with van der Waals surface area (Å²) < 4.78 is 25.9. The van der Waals surface area contributed by atoms with E-state index in [-0.39, 0.29) is 18.4 Å². The number of nitrogens with one attached hydrogen (secondary N) is 2. The molecule has 10 nitrogen and oxygen atoms in total. The molecule has 0 atom stereocenters. The Morgan fingerprint density at radius 2 is 0.797 bits per heavy atom. The van der Waals surface area contributed by atoms with Gasteiger partial charge in [0.1, 0.15) is 5.78 Å². The van der Waals surface area contributed by atoms with Crippen LogP contribution in [-0.2, 0) is 25.4 Å². The van der Waals surface area contributed by atoms with Crippen molar-refractivity contribution in [3.63, 3.8) is 0 Å². The number of amides is 2. The number of aliphatic hydroxyl groups excluding tert-OH is 1. The van der Waals surface area contributed by atoms with Crippen LogP contribution < -0.4 is 24.8 Å². The van der Waals surface area contributed by atoms with Crippen LogP contribution in [-0.4, -0.2) is 70.5 Å². The highest BCUT2D eigenvalue weighted by molar-refractivity contribution is 6.77.